The predicted molar refractivity (Wildman–Crippen MR) is 79.3 cm³/mol. The highest BCUT2D eigenvalue weighted by atomic mass is 16.2. The molecular weight excluding hydrogens is 252 g/mol. The number of aromatic nitrogens is 2. The van der Waals surface area contributed by atoms with Crippen LogP contribution in [0.15, 0.2) is 18.5 Å². The van der Waals surface area contributed by atoms with E-state index < -0.39 is 0 Å². The second kappa shape index (κ2) is 7.43. The van der Waals surface area contributed by atoms with Gasteiger partial charge in [0.2, 0.25) is 5.91 Å². The number of hydrogen-bond acceptors (Lipinski definition) is 3. The lowest BCUT2D eigenvalue weighted by Crippen LogP contribution is -2.43. The monoisotopic (exact) mass is 278 g/mol. The summed E-state index contributed by atoms with van der Waals surface area (Å²) in [4.78, 5) is 16.3. The average molecular weight is 278 g/mol. The Bertz CT molecular complexity index is 392. The maximum absolute atomic E-state index is 12.1. The van der Waals surface area contributed by atoms with Crippen LogP contribution in [0.25, 0.3) is 0 Å². The molecule has 0 aliphatic carbocycles. The number of rotatable bonds is 6. The van der Waals surface area contributed by atoms with Gasteiger partial charge in [0.1, 0.15) is 0 Å². The van der Waals surface area contributed by atoms with Gasteiger partial charge in [0, 0.05) is 32.0 Å². The van der Waals surface area contributed by atoms with Crippen LogP contribution in [0.3, 0.4) is 0 Å². The van der Waals surface area contributed by atoms with E-state index in [1.165, 1.54) is 0 Å². The molecule has 2 heterocycles. The lowest BCUT2D eigenvalue weighted by molar-refractivity contribution is -0.132. The Morgan fingerprint density at radius 2 is 2.00 bits per heavy atom. The summed E-state index contributed by atoms with van der Waals surface area (Å²) < 4.78 is 2.02. The van der Waals surface area contributed by atoms with Gasteiger partial charge >= 0.3 is 0 Å². The highest BCUT2D eigenvalue weighted by Gasteiger charge is 2.22. The molecule has 1 aliphatic rings. The van der Waals surface area contributed by atoms with Gasteiger partial charge in [-0.1, -0.05) is 0 Å². The Morgan fingerprint density at radius 1 is 1.30 bits per heavy atom. The van der Waals surface area contributed by atoms with Gasteiger partial charge < -0.3 is 4.90 Å². The summed E-state index contributed by atoms with van der Waals surface area (Å²) in [6.45, 7) is 9.34. The summed E-state index contributed by atoms with van der Waals surface area (Å²) in [6, 6.07) is 1.97. The van der Waals surface area contributed by atoms with Gasteiger partial charge in [-0.3, -0.25) is 14.4 Å². The topological polar surface area (TPSA) is 41.4 Å². The number of carbonyl (C=O) groups excluding carboxylic acids is 1. The van der Waals surface area contributed by atoms with E-state index in [0.717, 1.165) is 45.6 Å². The number of nitrogens with zero attached hydrogens (tertiary/aromatic N) is 4. The maximum atomic E-state index is 12.1. The van der Waals surface area contributed by atoms with Gasteiger partial charge in [0.05, 0.1) is 6.54 Å². The van der Waals surface area contributed by atoms with Crippen molar-refractivity contribution >= 4 is 5.91 Å². The van der Waals surface area contributed by atoms with E-state index in [0.29, 0.717) is 12.5 Å². The number of piperidine rings is 1. The molecule has 1 aliphatic heterocycles. The molecule has 0 N–H and O–H groups in total. The third-order valence-corrected chi connectivity index (χ3v) is 4.19. The minimum atomic E-state index is 0.264. The van der Waals surface area contributed by atoms with Crippen molar-refractivity contribution in [2.75, 3.05) is 32.7 Å². The first-order chi connectivity index (χ1) is 9.72. The standard InChI is InChI=1S/C15H26N4O/c1-3-18(4-2)15(20)13-17-10-6-14(7-11-17)12-19-9-5-8-16-19/h5,8-9,14H,3-4,6-7,10-13H2,1-2H3. The molecule has 0 saturated carbocycles. The van der Waals surface area contributed by atoms with E-state index in [-0.39, 0.29) is 5.91 Å². The molecule has 1 amide bonds. The summed E-state index contributed by atoms with van der Waals surface area (Å²) in [6.07, 6.45) is 6.17. The van der Waals surface area contributed by atoms with Crippen molar-refractivity contribution in [3.05, 3.63) is 18.5 Å². The first-order valence-corrected chi connectivity index (χ1v) is 7.70. The van der Waals surface area contributed by atoms with Crippen LogP contribution < -0.4 is 0 Å². The normalized spacial score (nSPS) is 17.3. The third kappa shape index (κ3) is 4.07. The van der Waals surface area contributed by atoms with Crippen molar-refractivity contribution in [2.45, 2.75) is 33.2 Å². The Hall–Kier alpha value is -1.36. The molecule has 0 bridgehead atoms. The smallest absolute Gasteiger partial charge is 0.236 e. The molecule has 20 heavy (non-hydrogen) atoms. The van der Waals surface area contributed by atoms with Crippen LogP contribution >= 0.6 is 0 Å². The van der Waals surface area contributed by atoms with Gasteiger partial charge in [-0.05, 0) is 51.8 Å². The molecule has 1 fully saturated rings. The zero-order valence-corrected chi connectivity index (χ0v) is 12.7. The molecule has 0 spiro atoms. The van der Waals surface area contributed by atoms with E-state index in [4.69, 9.17) is 0 Å². The molecule has 2 rings (SSSR count). The van der Waals surface area contributed by atoms with Gasteiger partial charge in [0.15, 0.2) is 0 Å². The Kier molecular flexibility index (Phi) is 5.59. The summed E-state index contributed by atoms with van der Waals surface area (Å²) in [7, 11) is 0. The minimum Gasteiger partial charge on any atom is -0.342 e. The van der Waals surface area contributed by atoms with Gasteiger partial charge in [0.25, 0.3) is 0 Å². The molecule has 0 atom stereocenters. The fourth-order valence-electron chi connectivity index (χ4n) is 2.87. The van der Waals surface area contributed by atoms with E-state index in [2.05, 4.69) is 10.00 Å². The predicted octanol–water partition coefficient (Wildman–Crippen LogP) is 1.46. The fourth-order valence-corrected chi connectivity index (χ4v) is 2.87. The van der Waals surface area contributed by atoms with Crippen molar-refractivity contribution in [1.82, 2.24) is 19.6 Å². The molecule has 1 aromatic heterocycles. The van der Waals surface area contributed by atoms with Crippen molar-refractivity contribution in [2.24, 2.45) is 5.92 Å². The van der Waals surface area contributed by atoms with Crippen molar-refractivity contribution in [3.8, 4) is 0 Å². The van der Waals surface area contributed by atoms with Gasteiger partial charge in [-0.15, -0.1) is 0 Å². The molecule has 5 nitrogen and oxygen atoms in total. The Morgan fingerprint density at radius 3 is 2.55 bits per heavy atom. The molecule has 5 heteroatoms. The Labute approximate surface area is 121 Å². The zero-order chi connectivity index (χ0) is 14.4. The van der Waals surface area contributed by atoms with Crippen LogP contribution in [0.4, 0.5) is 0 Å². The highest BCUT2D eigenvalue weighted by Crippen LogP contribution is 2.18. The lowest BCUT2D eigenvalue weighted by atomic mass is 9.97. The summed E-state index contributed by atoms with van der Waals surface area (Å²) in [5, 5.41) is 4.27. The average Bonchev–Trinajstić information content (AvgIpc) is 2.95. The first kappa shape index (κ1) is 15.0. The third-order valence-electron chi connectivity index (χ3n) is 4.19. The molecule has 112 valence electrons. The second-order valence-electron chi connectivity index (χ2n) is 5.51. The van der Waals surface area contributed by atoms with Crippen molar-refractivity contribution in [3.63, 3.8) is 0 Å². The second-order valence-corrected chi connectivity index (χ2v) is 5.51. The molecule has 0 unspecified atom stereocenters. The summed E-state index contributed by atoms with van der Waals surface area (Å²) >= 11 is 0. The number of hydrogen-bond donors (Lipinski definition) is 0. The van der Waals surface area contributed by atoms with Crippen molar-refractivity contribution < 1.29 is 4.79 Å². The van der Waals surface area contributed by atoms with Gasteiger partial charge in [-0.25, -0.2) is 0 Å². The molecular formula is C15H26N4O. The SMILES string of the molecule is CCN(CC)C(=O)CN1CCC(Cn2cccn2)CC1. The van der Waals surface area contributed by atoms with Crippen LogP contribution in [0.1, 0.15) is 26.7 Å². The van der Waals surface area contributed by atoms with Crippen LogP contribution in [0, 0.1) is 5.92 Å². The molecule has 1 aromatic rings. The fraction of sp³-hybridized carbons (Fsp3) is 0.733. The van der Waals surface area contributed by atoms with Crippen LogP contribution in [-0.4, -0.2) is 58.2 Å². The minimum absolute atomic E-state index is 0.264. The Balaban J connectivity index is 1.72. The van der Waals surface area contributed by atoms with E-state index in [9.17, 15) is 4.79 Å². The lowest BCUT2D eigenvalue weighted by Gasteiger charge is -2.32. The van der Waals surface area contributed by atoms with E-state index in [1.807, 2.05) is 41.9 Å². The summed E-state index contributed by atoms with van der Waals surface area (Å²) in [5.41, 5.74) is 0. The van der Waals surface area contributed by atoms with Gasteiger partial charge in [-0.2, -0.15) is 5.10 Å². The number of amides is 1. The molecule has 1 saturated heterocycles. The maximum Gasteiger partial charge on any atom is 0.236 e. The van der Waals surface area contributed by atoms with E-state index >= 15 is 0 Å². The zero-order valence-electron chi connectivity index (χ0n) is 12.7. The molecule has 0 radical (unpaired) electrons. The first-order valence-electron chi connectivity index (χ1n) is 7.70. The molecule has 0 aromatic carbocycles. The number of likely N-dealkylation sites (N-methyl/N-ethyl adjacent to an activating group) is 1. The summed E-state index contributed by atoms with van der Waals surface area (Å²) in [5.74, 6) is 0.954. The van der Waals surface area contributed by atoms with Crippen LogP contribution in [0.5, 0.6) is 0 Å². The van der Waals surface area contributed by atoms with Crippen LogP contribution in [0.2, 0.25) is 0 Å². The number of carbonyl (C=O) groups is 1. The number of likely N-dealkylation sites (tertiary alicyclic amines) is 1. The van der Waals surface area contributed by atoms with Crippen LogP contribution in [-0.2, 0) is 11.3 Å². The highest BCUT2D eigenvalue weighted by molar-refractivity contribution is 5.78. The quantitative estimate of drug-likeness (QED) is 0.791. The van der Waals surface area contributed by atoms with E-state index in [1.54, 1.807) is 0 Å². The largest absolute Gasteiger partial charge is 0.342 e. The van der Waals surface area contributed by atoms with Crippen molar-refractivity contribution in [1.29, 1.82) is 0 Å².